The van der Waals surface area contributed by atoms with Crippen molar-refractivity contribution in [1.82, 2.24) is 0 Å². The van der Waals surface area contributed by atoms with Gasteiger partial charge in [0.15, 0.2) is 0 Å². The lowest BCUT2D eigenvalue weighted by molar-refractivity contribution is -0.0382. The van der Waals surface area contributed by atoms with Crippen LogP contribution in [0.2, 0.25) is 0 Å². The van der Waals surface area contributed by atoms with Gasteiger partial charge in [-0.05, 0) is 36.6 Å². The second-order valence-electron chi connectivity index (χ2n) is 5.06. The highest BCUT2D eigenvalue weighted by Gasteiger charge is 2.23. The molecule has 0 saturated carbocycles. The predicted octanol–water partition coefficient (Wildman–Crippen LogP) is 1.83. The Morgan fingerprint density at radius 1 is 1.29 bits per heavy atom. The van der Waals surface area contributed by atoms with Crippen molar-refractivity contribution in [1.29, 1.82) is 0 Å². The van der Waals surface area contributed by atoms with E-state index in [1.807, 2.05) is 0 Å². The first-order valence-corrected chi connectivity index (χ1v) is 6.25. The molecule has 0 radical (unpaired) electrons. The van der Waals surface area contributed by atoms with E-state index in [4.69, 9.17) is 10.5 Å². The summed E-state index contributed by atoms with van der Waals surface area (Å²) in [4.78, 5) is 2.11. The minimum Gasteiger partial charge on any atom is -0.381 e. The van der Waals surface area contributed by atoms with Crippen LogP contribution in [0.5, 0.6) is 0 Å². The number of anilines is 1. The number of hydrogen-bond acceptors (Lipinski definition) is 3. The number of nitrogens with zero attached hydrogens (tertiary/aromatic N) is 1. The monoisotopic (exact) mass is 234 g/mol. The maximum absolute atomic E-state index is 5.88. The number of rotatable bonds is 5. The maximum atomic E-state index is 5.88. The van der Waals surface area contributed by atoms with Gasteiger partial charge >= 0.3 is 0 Å². The number of ether oxygens (including phenoxy) is 1. The van der Waals surface area contributed by atoms with Crippen LogP contribution in [0.15, 0.2) is 24.3 Å². The van der Waals surface area contributed by atoms with Crippen molar-refractivity contribution in [3.63, 3.8) is 0 Å². The zero-order valence-corrected chi connectivity index (χ0v) is 10.7. The van der Waals surface area contributed by atoms with Crippen LogP contribution in [0.4, 0.5) is 5.69 Å². The average molecular weight is 234 g/mol. The van der Waals surface area contributed by atoms with Gasteiger partial charge < -0.3 is 15.4 Å². The van der Waals surface area contributed by atoms with Gasteiger partial charge in [0.25, 0.3) is 0 Å². The van der Waals surface area contributed by atoms with Crippen molar-refractivity contribution < 1.29 is 4.74 Å². The van der Waals surface area contributed by atoms with E-state index in [0.29, 0.717) is 11.8 Å². The van der Waals surface area contributed by atoms with E-state index in [0.717, 1.165) is 26.2 Å². The highest BCUT2D eigenvalue weighted by molar-refractivity contribution is 5.46. The van der Waals surface area contributed by atoms with Crippen molar-refractivity contribution in [2.24, 2.45) is 11.7 Å². The molecule has 0 bridgehead atoms. The summed E-state index contributed by atoms with van der Waals surface area (Å²) in [7, 11) is 4.11. The van der Waals surface area contributed by atoms with Crippen molar-refractivity contribution >= 4 is 5.69 Å². The Hall–Kier alpha value is -1.06. The van der Waals surface area contributed by atoms with E-state index in [-0.39, 0.29) is 0 Å². The minimum atomic E-state index is 0.472. The van der Waals surface area contributed by atoms with Crippen LogP contribution in [-0.4, -0.2) is 33.9 Å². The molecule has 0 spiro atoms. The fraction of sp³-hybridized carbons (Fsp3) is 0.571. The number of benzene rings is 1. The van der Waals surface area contributed by atoms with Gasteiger partial charge in [0, 0.05) is 25.7 Å². The van der Waals surface area contributed by atoms with Crippen LogP contribution < -0.4 is 10.6 Å². The first-order chi connectivity index (χ1) is 8.20. The lowest BCUT2D eigenvalue weighted by Crippen LogP contribution is -2.30. The molecule has 1 aliphatic heterocycles. The molecule has 2 rings (SSSR count). The van der Waals surface area contributed by atoms with Crippen LogP contribution >= 0.6 is 0 Å². The average Bonchev–Trinajstić information content (AvgIpc) is 2.28. The normalized spacial score (nSPS) is 17.6. The molecule has 17 heavy (non-hydrogen) atoms. The van der Waals surface area contributed by atoms with Gasteiger partial charge in [-0.1, -0.05) is 12.1 Å². The van der Waals surface area contributed by atoms with E-state index in [2.05, 4.69) is 43.3 Å². The third kappa shape index (κ3) is 2.99. The molecule has 2 N–H and O–H groups in total. The molecule has 1 saturated heterocycles. The number of nitrogens with two attached hydrogens (primary N) is 1. The fourth-order valence-corrected chi connectivity index (χ4v) is 2.24. The van der Waals surface area contributed by atoms with Gasteiger partial charge in [-0.3, -0.25) is 0 Å². The highest BCUT2D eigenvalue weighted by Crippen LogP contribution is 2.28. The summed E-state index contributed by atoms with van der Waals surface area (Å²) in [5.74, 6) is 1.18. The smallest absolute Gasteiger partial charge is 0.0516 e. The molecule has 1 fully saturated rings. The van der Waals surface area contributed by atoms with Gasteiger partial charge in [0.2, 0.25) is 0 Å². The topological polar surface area (TPSA) is 38.5 Å². The van der Waals surface area contributed by atoms with Gasteiger partial charge in [0.05, 0.1) is 13.2 Å². The Labute approximate surface area is 104 Å². The largest absolute Gasteiger partial charge is 0.381 e. The van der Waals surface area contributed by atoms with E-state index < -0.39 is 0 Å². The predicted molar refractivity (Wildman–Crippen MR) is 71.5 cm³/mol. The summed E-state index contributed by atoms with van der Waals surface area (Å²) in [6, 6.07) is 8.73. The molecule has 0 aliphatic carbocycles. The van der Waals surface area contributed by atoms with Crippen LogP contribution in [0.3, 0.4) is 0 Å². The van der Waals surface area contributed by atoms with E-state index in [9.17, 15) is 0 Å². The van der Waals surface area contributed by atoms with Crippen LogP contribution in [0.1, 0.15) is 17.9 Å². The zero-order valence-electron chi connectivity index (χ0n) is 10.7. The number of hydrogen-bond donors (Lipinski definition) is 1. The Kier molecular flexibility index (Phi) is 4.02. The molecule has 94 valence electrons. The molecule has 0 aromatic heterocycles. The Balaban J connectivity index is 2.02. The van der Waals surface area contributed by atoms with E-state index >= 15 is 0 Å². The first-order valence-electron chi connectivity index (χ1n) is 6.25. The maximum Gasteiger partial charge on any atom is 0.0516 e. The molecular formula is C14H22N2O. The van der Waals surface area contributed by atoms with Crippen molar-refractivity contribution in [2.45, 2.75) is 12.3 Å². The van der Waals surface area contributed by atoms with Crippen LogP contribution in [0, 0.1) is 5.92 Å². The fourth-order valence-electron chi connectivity index (χ4n) is 2.24. The van der Waals surface area contributed by atoms with Crippen LogP contribution in [0.25, 0.3) is 0 Å². The molecule has 1 aliphatic rings. The summed E-state index contributed by atoms with van der Waals surface area (Å²) < 4.78 is 5.22. The van der Waals surface area contributed by atoms with Gasteiger partial charge in [0.1, 0.15) is 0 Å². The third-order valence-corrected chi connectivity index (χ3v) is 3.49. The molecule has 1 aromatic rings. The van der Waals surface area contributed by atoms with Crippen LogP contribution in [-0.2, 0) is 4.74 Å². The summed E-state index contributed by atoms with van der Waals surface area (Å²) in [5.41, 5.74) is 8.46. The third-order valence-electron chi connectivity index (χ3n) is 3.49. The van der Waals surface area contributed by atoms with Gasteiger partial charge in [-0.15, -0.1) is 0 Å². The Morgan fingerprint density at radius 2 is 1.94 bits per heavy atom. The lowest BCUT2D eigenvalue weighted by Gasteiger charge is -2.29. The van der Waals surface area contributed by atoms with E-state index in [1.54, 1.807) is 0 Å². The molecule has 1 aromatic carbocycles. The second-order valence-corrected chi connectivity index (χ2v) is 5.06. The quantitative estimate of drug-likeness (QED) is 0.844. The first kappa shape index (κ1) is 12.4. The summed E-state index contributed by atoms with van der Waals surface area (Å²) in [6.45, 7) is 2.54. The molecule has 1 unspecified atom stereocenters. The lowest BCUT2D eigenvalue weighted by atomic mass is 9.88. The summed E-state index contributed by atoms with van der Waals surface area (Å²) in [5, 5.41) is 0. The van der Waals surface area contributed by atoms with Crippen molar-refractivity contribution in [3.8, 4) is 0 Å². The summed E-state index contributed by atoms with van der Waals surface area (Å²) in [6.07, 6.45) is 1.15. The molecule has 3 nitrogen and oxygen atoms in total. The molecule has 0 amide bonds. The minimum absolute atomic E-state index is 0.472. The van der Waals surface area contributed by atoms with Gasteiger partial charge in [-0.25, -0.2) is 0 Å². The SMILES string of the molecule is CN(C)c1ccc(C(CN)CC2COC2)cc1. The van der Waals surface area contributed by atoms with Crippen molar-refractivity contribution in [2.75, 3.05) is 38.8 Å². The zero-order chi connectivity index (χ0) is 12.3. The van der Waals surface area contributed by atoms with E-state index in [1.165, 1.54) is 11.3 Å². The Bertz CT molecular complexity index is 344. The Morgan fingerprint density at radius 3 is 2.35 bits per heavy atom. The van der Waals surface area contributed by atoms with Crippen molar-refractivity contribution in [3.05, 3.63) is 29.8 Å². The molecule has 1 atom stereocenters. The van der Waals surface area contributed by atoms with Gasteiger partial charge in [-0.2, -0.15) is 0 Å². The summed E-state index contributed by atoms with van der Waals surface area (Å²) >= 11 is 0. The second kappa shape index (κ2) is 5.52. The molecular weight excluding hydrogens is 212 g/mol. The molecule has 3 heteroatoms. The molecule has 1 heterocycles. The highest BCUT2D eigenvalue weighted by atomic mass is 16.5. The standard InChI is InChI=1S/C14H22N2O/c1-16(2)14-5-3-12(4-6-14)13(8-15)7-11-9-17-10-11/h3-6,11,13H,7-10,15H2,1-2H3.